The molecule has 21 heavy (non-hydrogen) atoms. The molecule has 1 heterocycles. The minimum atomic E-state index is -0.348. The highest BCUT2D eigenvalue weighted by Gasteiger charge is 2.07. The average molecular weight is 288 g/mol. The summed E-state index contributed by atoms with van der Waals surface area (Å²) in [6.07, 6.45) is 0.939. The van der Waals surface area contributed by atoms with Crippen LogP contribution in [0.3, 0.4) is 0 Å². The van der Waals surface area contributed by atoms with Gasteiger partial charge in [-0.05, 0) is 42.8 Å². The number of carbonyl (C=O) groups excluding carboxylic acids is 1. The van der Waals surface area contributed by atoms with E-state index in [1.807, 2.05) is 18.2 Å². The van der Waals surface area contributed by atoms with Crippen molar-refractivity contribution < 1.29 is 14.3 Å². The molecule has 0 aliphatic rings. The van der Waals surface area contributed by atoms with Crippen LogP contribution in [0.5, 0.6) is 5.75 Å². The first kappa shape index (κ1) is 15.1. The van der Waals surface area contributed by atoms with Crippen LogP contribution in [0.1, 0.15) is 21.7 Å². The van der Waals surface area contributed by atoms with E-state index in [0.29, 0.717) is 12.2 Å². The summed E-state index contributed by atoms with van der Waals surface area (Å²) < 4.78 is 9.78. The third-order valence-corrected chi connectivity index (χ3v) is 3.22. The number of esters is 1. The molecular weight excluding hydrogens is 268 g/mol. The zero-order chi connectivity index (χ0) is 15.1. The fraction of sp³-hybridized carbons (Fsp3) is 0.312. The molecule has 0 bridgehead atoms. The van der Waals surface area contributed by atoms with Gasteiger partial charge in [0.15, 0.2) is 0 Å². The molecule has 0 fully saturated rings. The smallest absolute Gasteiger partial charge is 0.354 e. The van der Waals surface area contributed by atoms with Gasteiger partial charge >= 0.3 is 5.97 Å². The molecule has 2 N–H and O–H groups in total. The van der Waals surface area contributed by atoms with E-state index >= 15 is 0 Å². The van der Waals surface area contributed by atoms with Crippen LogP contribution in [0.15, 0.2) is 36.4 Å². The Morgan fingerprint density at radius 2 is 1.90 bits per heavy atom. The molecule has 0 spiro atoms. The van der Waals surface area contributed by atoms with Gasteiger partial charge in [0.25, 0.3) is 0 Å². The fourth-order valence-corrected chi connectivity index (χ4v) is 2.02. The summed E-state index contributed by atoms with van der Waals surface area (Å²) in [5.74, 6) is 0.521. The van der Waals surface area contributed by atoms with Gasteiger partial charge in [-0.1, -0.05) is 12.1 Å². The van der Waals surface area contributed by atoms with Crippen molar-refractivity contribution in [1.29, 1.82) is 0 Å². The van der Waals surface area contributed by atoms with E-state index < -0.39 is 0 Å². The molecule has 0 unspecified atom stereocenters. The lowest BCUT2D eigenvalue weighted by molar-refractivity contribution is 0.0594. The summed E-state index contributed by atoms with van der Waals surface area (Å²) >= 11 is 0. The molecule has 0 aliphatic carbocycles. The Balaban J connectivity index is 1.74. The highest BCUT2D eigenvalue weighted by atomic mass is 16.5. The Bertz CT molecular complexity index is 575. The predicted octanol–water partition coefficient (Wildman–Crippen LogP) is 2.14. The molecule has 5 nitrogen and oxygen atoms in total. The molecule has 1 aromatic heterocycles. The van der Waals surface area contributed by atoms with Crippen molar-refractivity contribution in [2.45, 2.75) is 13.0 Å². The molecule has 5 heteroatoms. The molecule has 0 radical (unpaired) electrons. The summed E-state index contributed by atoms with van der Waals surface area (Å²) in [7, 11) is 3.03. The second-order valence-corrected chi connectivity index (χ2v) is 4.66. The molecule has 0 atom stereocenters. The van der Waals surface area contributed by atoms with Crippen molar-refractivity contribution in [3.05, 3.63) is 53.3 Å². The molecule has 0 saturated carbocycles. The molecule has 1 aromatic carbocycles. The number of H-pyrrole nitrogens is 1. The summed E-state index contributed by atoms with van der Waals surface area (Å²) in [5, 5.41) is 3.33. The second kappa shape index (κ2) is 7.50. The Morgan fingerprint density at radius 3 is 2.57 bits per heavy atom. The molecular formula is C16H20N2O3. The van der Waals surface area contributed by atoms with Crippen LogP contribution in [-0.2, 0) is 17.7 Å². The minimum absolute atomic E-state index is 0.348. The second-order valence-electron chi connectivity index (χ2n) is 4.66. The maximum atomic E-state index is 11.3. The van der Waals surface area contributed by atoms with Crippen LogP contribution in [-0.4, -0.2) is 31.7 Å². The zero-order valence-corrected chi connectivity index (χ0v) is 12.3. The van der Waals surface area contributed by atoms with E-state index in [-0.39, 0.29) is 5.97 Å². The van der Waals surface area contributed by atoms with Crippen LogP contribution >= 0.6 is 0 Å². The number of carbonyl (C=O) groups is 1. The lowest BCUT2D eigenvalue weighted by atomic mass is 10.1. The van der Waals surface area contributed by atoms with Crippen molar-refractivity contribution in [3.8, 4) is 5.75 Å². The lowest BCUT2D eigenvalue weighted by Crippen LogP contribution is -2.17. The highest BCUT2D eigenvalue weighted by Crippen LogP contribution is 2.11. The SMILES string of the molecule is COC(=O)c1ccc(CNCCc2ccc(OC)cc2)[nH]1. The molecule has 0 saturated heterocycles. The molecule has 2 rings (SSSR count). The maximum Gasteiger partial charge on any atom is 0.354 e. The third-order valence-electron chi connectivity index (χ3n) is 3.22. The number of hydrogen-bond acceptors (Lipinski definition) is 4. The first-order chi connectivity index (χ1) is 10.2. The molecule has 112 valence electrons. The van der Waals surface area contributed by atoms with E-state index in [9.17, 15) is 4.79 Å². The topological polar surface area (TPSA) is 63.4 Å². The van der Waals surface area contributed by atoms with E-state index in [1.165, 1.54) is 12.7 Å². The van der Waals surface area contributed by atoms with Crippen LogP contribution < -0.4 is 10.1 Å². The predicted molar refractivity (Wildman–Crippen MR) is 80.5 cm³/mol. The van der Waals surface area contributed by atoms with E-state index in [4.69, 9.17) is 4.74 Å². The van der Waals surface area contributed by atoms with Crippen molar-refractivity contribution >= 4 is 5.97 Å². The van der Waals surface area contributed by atoms with Gasteiger partial charge in [-0.15, -0.1) is 0 Å². The van der Waals surface area contributed by atoms with Gasteiger partial charge in [-0.25, -0.2) is 4.79 Å². The van der Waals surface area contributed by atoms with Crippen molar-refractivity contribution in [2.75, 3.05) is 20.8 Å². The van der Waals surface area contributed by atoms with Gasteiger partial charge in [-0.2, -0.15) is 0 Å². The number of ether oxygens (including phenoxy) is 2. The summed E-state index contributed by atoms with van der Waals surface area (Å²) in [4.78, 5) is 14.3. The van der Waals surface area contributed by atoms with E-state index in [1.54, 1.807) is 13.2 Å². The van der Waals surface area contributed by atoms with Crippen LogP contribution in [0, 0.1) is 0 Å². The van der Waals surface area contributed by atoms with Crippen molar-refractivity contribution in [1.82, 2.24) is 10.3 Å². The maximum absolute atomic E-state index is 11.3. The fourth-order valence-electron chi connectivity index (χ4n) is 2.02. The minimum Gasteiger partial charge on any atom is -0.497 e. The molecule has 0 amide bonds. The first-order valence-electron chi connectivity index (χ1n) is 6.83. The van der Waals surface area contributed by atoms with Crippen LogP contribution in [0.4, 0.5) is 0 Å². The Morgan fingerprint density at radius 1 is 1.14 bits per heavy atom. The standard InChI is InChI=1S/C16H20N2O3/c1-20-14-6-3-12(4-7-14)9-10-17-11-13-5-8-15(18-13)16(19)21-2/h3-8,17-18H,9-11H2,1-2H3. The number of aromatic amines is 1. The number of nitrogens with one attached hydrogen (secondary N) is 2. The summed E-state index contributed by atoms with van der Waals surface area (Å²) in [5.41, 5.74) is 2.69. The third kappa shape index (κ3) is 4.36. The Labute approximate surface area is 124 Å². The van der Waals surface area contributed by atoms with Crippen LogP contribution in [0.25, 0.3) is 0 Å². The normalized spacial score (nSPS) is 10.4. The summed E-state index contributed by atoms with van der Waals surface area (Å²) in [6, 6.07) is 11.7. The molecule has 2 aromatic rings. The number of methoxy groups -OCH3 is 2. The number of hydrogen-bond donors (Lipinski definition) is 2. The number of rotatable bonds is 7. The quantitative estimate of drug-likeness (QED) is 0.605. The number of aromatic nitrogens is 1. The Kier molecular flexibility index (Phi) is 5.40. The Hall–Kier alpha value is -2.27. The van der Waals surface area contributed by atoms with E-state index in [2.05, 4.69) is 27.2 Å². The monoisotopic (exact) mass is 288 g/mol. The van der Waals surface area contributed by atoms with Gasteiger partial charge in [0.05, 0.1) is 14.2 Å². The van der Waals surface area contributed by atoms with E-state index in [0.717, 1.165) is 24.4 Å². The molecule has 0 aliphatic heterocycles. The van der Waals surface area contributed by atoms with Gasteiger partial charge in [-0.3, -0.25) is 0 Å². The largest absolute Gasteiger partial charge is 0.497 e. The first-order valence-corrected chi connectivity index (χ1v) is 6.83. The summed E-state index contributed by atoms with van der Waals surface area (Å²) in [6.45, 7) is 1.55. The lowest BCUT2D eigenvalue weighted by Gasteiger charge is -2.05. The van der Waals surface area contributed by atoms with Gasteiger partial charge in [0, 0.05) is 12.2 Å². The average Bonchev–Trinajstić information content (AvgIpc) is 3.00. The van der Waals surface area contributed by atoms with Gasteiger partial charge in [0.2, 0.25) is 0 Å². The van der Waals surface area contributed by atoms with Gasteiger partial charge < -0.3 is 19.8 Å². The van der Waals surface area contributed by atoms with Gasteiger partial charge in [0.1, 0.15) is 11.4 Å². The van der Waals surface area contributed by atoms with Crippen molar-refractivity contribution in [2.24, 2.45) is 0 Å². The number of benzene rings is 1. The van der Waals surface area contributed by atoms with Crippen molar-refractivity contribution in [3.63, 3.8) is 0 Å². The van der Waals surface area contributed by atoms with Crippen LogP contribution in [0.2, 0.25) is 0 Å². The zero-order valence-electron chi connectivity index (χ0n) is 12.3. The highest BCUT2D eigenvalue weighted by molar-refractivity contribution is 5.87.